The molecule has 1 amide bonds. The van der Waals surface area contributed by atoms with Crippen LogP contribution in [0, 0.1) is 0 Å². The van der Waals surface area contributed by atoms with Gasteiger partial charge in [0, 0.05) is 12.2 Å². The minimum absolute atomic E-state index is 0.0278. The van der Waals surface area contributed by atoms with Gasteiger partial charge >= 0.3 is 0 Å². The van der Waals surface area contributed by atoms with E-state index in [1.807, 2.05) is 36.4 Å². The monoisotopic (exact) mass is 425 g/mol. The number of methoxy groups -OCH3 is 1. The van der Waals surface area contributed by atoms with Crippen LogP contribution in [0.1, 0.15) is 23.2 Å². The lowest BCUT2D eigenvalue weighted by Gasteiger charge is -2.23. The maximum Gasteiger partial charge on any atom is 0.260 e. The molecule has 2 aromatic carbocycles. The minimum Gasteiger partial charge on any atom is -0.494 e. The molecule has 0 N–H and O–H groups in total. The highest BCUT2D eigenvalue weighted by Gasteiger charge is 2.27. The number of hydrogen-bond donors (Lipinski definition) is 0. The third-order valence-electron chi connectivity index (χ3n) is 5.06. The first kappa shape index (κ1) is 18.5. The van der Waals surface area contributed by atoms with E-state index >= 15 is 0 Å². The number of hydrogen-bond acceptors (Lipinski definition) is 7. The molecule has 1 unspecified atom stereocenters. The van der Waals surface area contributed by atoms with Crippen molar-refractivity contribution in [3.63, 3.8) is 0 Å². The smallest absolute Gasteiger partial charge is 0.260 e. The average Bonchev–Trinajstić information content (AvgIpc) is 3.50. The lowest BCUT2D eigenvalue weighted by Crippen LogP contribution is -2.37. The molecule has 3 heterocycles. The number of benzene rings is 2. The highest BCUT2D eigenvalue weighted by atomic mass is 32.1. The maximum absolute atomic E-state index is 13.5. The van der Waals surface area contributed by atoms with Gasteiger partial charge in [-0.05, 0) is 43.2 Å². The predicted molar refractivity (Wildman–Crippen MR) is 116 cm³/mol. The number of carbonyl (C=O) groups is 1. The van der Waals surface area contributed by atoms with Crippen LogP contribution in [0.2, 0.25) is 0 Å². The second kappa shape index (κ2) is 7.70. The Balaban J connectivity index is 1.56. The van der Waals surface area contributed by atoms with Crippen LogP contribution in [-0.2, 0) is 4.74 Å². The van der Waals surface area contributed by atoms with Gasteiger partial charge in [-0.3, -0.25) is 9.69 Å². The van der Waals surface area contributed by atoms with Gasteiger partial charge in [0.25, 0.3) is 5.91 Å². The first-order valence-electron chi connectivity index (χ1n) is 9.43. The molecule has 0 aliphatic carbocycles. The predicted octanol–water partition coefficient (Wildman–Crippen LogP) is 4.74. The van der Waals surface area contributed by atoms with E-state index in [-0.39, 0.29) is 12.0 Å². The third kappa shape index (κ3) is 3.48. The number of carbonyl (C=O) groups excluding carboxylic acids is 1. The highest BCUT2D eigenvalue weighted by molar-refractivity contribution is 7.22. The topological polar surface area (TPSA) is 64.6 Å². The van der Waals surface area contributed by atoms with Crippen LogP contribution < -0.4 is 9.64 Å². The summed E-state index contributed by atoms with van der Waals surface area (Å²) in [6.45, 7) is 1.23. The van der Waals surface area contributed by atoms with Gasteiger partial charge in [-0.1, -0.05) is 17.4 Å². The van der Waals surface area contributed by atoms with Crippen LogP contribution in [0.5, 0.6) is 5.75 Å². The zero-order valence-corrected chi connectivity index (χ0v) is 17.5. The molecule has 1 aliphatic heterocycles. The standard InChI is InChI=1S/C21H19N3O3S2/c1-26-16-5-2-6-17-19(16)23-21(29-17)24(11-14-4-3-9-27-14)20(25)13-7-8-15-18(10-13)28-12-22-15/h2,5-8,10,12,14H,3-4,9,11H2,1H3. The fourth-order valence-corrected chi connectivity index (χ4v) is 5.28. The highest BCUT2D eigenvalue weighted by Crippen LogP contribution is 2.35. The summed E-state index contributed by atoms with van der Waals surface area (Å²) < 4.78 is 13.3. The Bertz CT molecular complexity index is 1180. The van der Waals surface area contributed by atoms with Crippen molar-refractivity contribution in [2.75, 3.05) is 25.2 Å². The Labute approximate surface area is 175 Å². The lowest BCUT2D eigenvalue weighted by atomic mass is 10.1. The number of aromatic nitrogens is 2. The summed E-state index contributed by atoms with van der Waals surface area (Å²) in [4.78, 5) is 24.3. The van der Waals surface area contributed by atoms with E-state index in [4.69, 9.17) is 14.5 Å². The quantitative estimate of drug-likeness (QED) is 0.462. The first-order chi connectivity index (χ1) is 14.2. The van der Waals surface area contributed by atoms with Crippen LogP contribution in [0.3, 0.4) is 0 Å². The van der Waals surface area contributed by atoms with E-state index in [1.54, 1.807) is 17.5 Å². The van der Waals surface area contributed by atoms with Crippen LogP contribution in [0.4, 0.5) is 5.13 Å². The number of thiazole rings is 2. The van der Waals surface area contributed by atoms with E-state index in [1.165, 1.54) is 22.7 Å². The van der Waals surface area contributed by atoms with Gasteiger partial charge in [-0.2, -0.15) is 0 Å². The lowest BCUT2D eigenvalue weighted by molar-refractivity contribution is 0.0917. The third-order valence-corrected chi connectivity index (χ3v) is 6.89. The second-order valence-corrected chi connectivity index (χ2v) is 8.78. The summed E-state index contributed by atoms with van der Waals surface area (Å²) in [7, 11) is 1.63. The van der Waals surface area contributed by atoms with Crippen molar-refractivity contribution in [1.29, 1.82) is 0 Å². The van der Waals surface area contributed by atoms with E-state index in [9.17, 15) is 4.79 Å². The molecule has 1 fully saturated rings. The number of fused-ring (bicyclic) bond motifs is 2. The normalized spacial score (nSPS) is 16.5. The number of anilines is 1. The average molecular weight is 426 g/mol. The van der Waals surface area contributed by atoms with E-state index in [2.05, 4.69) is 4.98 Å². The molecule has 0 radical (unpaired) electrons. The van der Waals surface area contributed by atoms with Crippen molar-refractivity contribution >= 4 is 54.1 Å². The van der Waals surface area contributed by atoms with Crippen molar-refractivity contribution in [3.05, 3.63) is 47.5 Å². The molecule has 1 saturated heterocycles. The van der Waals surface area contributed by atoms with E-state index in [0.717, 1.165) is 39.9 Å². The Morgan fingerprint density at radius 3 is 3.07 bits per heavy atom. The molecular weight excluding hydrogens is 406 g/mol. The molecule has 4 aromatic rings. The van der Waals surface area contributed by atoms with Gasteiger partial charge in [0.1, 0.15) is 11.3 Å². The Kier molecular flexibility index (Phi) is 4.91. The van der Waals surface area contributed by atoms with Gasteiger partial charge in [-0.15, -0.1) is 11.3 Å². The molecular formula is C21H19N3O3S2. The molecule has 1 atom stereocenters. The second-order valence-electron chi connectivity index (χ2n) is 6.89. The van der Waals surface area contributed by atoms with Crippen molar-refractivity contribution in [1.82, 2.24) is 9.97 Å². The Morgan fingerprint density at radius 1 is 1.31 bits per heavy atom. The molecule has 29 heavy (non-hydrogen) atoms. The summed E-state index contributed by atoms with van der Waals surface area (Å²) in [6.07, 6.45) is 2.00. The molecule has 6 nitrogen and oxygen atoms in total. The molecule has 148 valence electrons. The Hall–Kier alpha value is -2.55. The fraction of sp³-hybridized carbons (Fsp3) is 0.286. The largest absolute Gasteiger partial charge is 0.494 e. The molecule has 0 spiro atoms. The van der Waals surface area contributed by atoms with Gasteiger partial charge in [0.05, 0.1) is 40.2 Å². The molecule has 2 aromatic heterocycles. The summed E-state index contributed by atoms with van der Waals surface area (Å²) in [5.74, 6) is 0.634. The van der Waals surface area contributed by atoms with Crippen molar-refractivity contribution < 1.29 is 14.3 Å². The maximum atomic E-state index is 13.5. The molecule has 1 aliphatic rings. The van der Waals surface area contributed by atoms with Gasteiger partial charge in [0.2, 0.25) is 0 Å². The van der Waals surface area contributed by atoms with Gasteiger partial charge in [0.15, 0.2) is 5.13 Å². The minimum atomic E-state index is -0.0752. The van der Waals surface area contributed by atoms with Crippen LogP contribution in [-0.4, -0.2) is 42.2 Å². The van der Waals surface area contributed by atoms with Gasteiger partial charge < -0.3 is 9.47 Å². The van der Waals surface area contributed by atoms with Crippen LogP contribution in [0.15, 0.2) is 41.9 Å². The summed E-state index contributed by atoms with van der Waals surface area (Å²) in [6, 6.07) is 11.5. The summed E-state index contributed by atoms with van der Waals surface area (Å²) in [5, 5.41) is 0.661. The number of nitrogens with zero attached hydrogens (tertiary/aromatic N) is 3. The van der Waals surface area contributed by atoms with Crippen LogP contribution in [0.25, 0.3) is 20.4 Å². The molecule has 8 heteroatoms. The van der Waals surface area contributed by atoms with E-state index < -0.39 is 0 Å². The van der Waals surface area contributed by atoms with Crippen molar-refractivity contribution in [2.45, 2.75) is 18.9 Å². The fourth-order valence-electron chi connectivity index (χ4n) is 3.58. The SMILES string of the molecule is COc1cccc2sc(N(CC3CCCO3)C(=O)c3ccc4ncsc4c3)nc12. The van der Waals surface area contributed by atoms with Crippen molar-refractivity contribution in [2.24, 2.45) is 0 Å². The van der Waals surface area contributed by atoms with Gasteiger partial charge in [-0.25, -0.2) is 9.97 Å². The number of amides is 1. The zero-order chi connectivity index (χ0) is 19.8. The summed E-state index contributed by atoms with van der Waals surface area (Å²) >= 11 is 3.03. The number of ether oxygens (including phenoxy) is 2. The Morgan fingerprint density at radius 2 is 2.24 bits per heavy atom. The van der Waals surface area contributed by atoms with Crippen LogP contribution >= 0.6 is 22.7 Å². The van der Waals surface area contributed by atoms with Crippen molar-refractivity contribution in [3.8, 4) is 5.75 Å². The molecule has 0 bridgehead atoms. The molecule has 5 rings (SSSR count). The van der Waals surface area contributed by atoms with E-state index in [0.29, 0.717) is 23.0 Å². The first-order valence-corrected chi connectivity index (χ1v) is 11.1. The number of rotatable bonds is 5. The number of para-hydroxylation sites is 1. The summed E-state index contributed by atoms with van der Waals surface area (Å²) in [5.41, 5.74) is 4.11. The molecule has 0 saturated carbocycles. The zero-order valence-electron chi connectivity index (χ0n) is 15.8.